The van der Waals surface area contributed by atoms with Gasteiger partial charge in [-0.25, -0.2) is 4.39 Å². The number of piperazine rings is 1. The molecule has 0 saturated carbocycles. The fourth-order valence-electron chi connectivity index (χ4n) is 2.75. The van der Waals surface area contributed by atoms with Gasteiger partial charge in [0.2, 0.25) is 0 Å². The van der Waals surface area contributed by atoms with E-state index in [2.05, 4.69) is 31.0 Å². The molecular formula is C15H22ClFN2. The summed E-state index contributed by atoms with van der Waals surface area (Å²) in [4.78, 5) is 2.28. The quantitative estimate of drug-likeness (QED) is 0.907. The zero-order chi connectivity index (χ0) is 14.0. The van der Waals surface area contributed by atoms with E-state index in [-0.39, 0.29) is 16.4 Å². The second kappa shape index (κ2) is 5.68. The second-order valence-corrected chi connectivity index (χ2v) is 5.85. The van der Waals surface area contributed by atoms with E-state index in [1.54, 1.807) is 12.1 Å². The third-order valence-electron chi connectivity index (χ3n) is 4.37. The minimum Gasteiger partial charge on any atom is -0.366 e. The SMILES string of the molecule is CCC1(CC)CN(c2ccc(Cl)c(F)c2)C(C)CN1. The molecule has 0 radical (unpaired) electrons. The predicted octanol–water partition coefficient (Wildman–Crippen LogP) is 3.84. The summed E-state index contributed by atoms with van der Waals surface area (Å²) in [6, 6.07) is 5.44. The maximum absolute atomic E-state index is 13.6. The van der Waals surface area contributed by atoms with Gasteiger partial charge in [-0.1, -0.05) is 25.4 Å². The molecule has 2 nitrogen and oxygen atoms in total. The van der Waals surface area contributed by atoms with Gasteiger partial charge in [-0.05, 0) is 38.0 Å². The van der Waals surface area contributed by atoms with Crippen molar-refractivity contribution >= 4 is 17.3 Å². The topological polar surface area (TPSA) is 15.3 Å². The first-order valence-corrected chi connectivity index (χ1v) is 7.36. The van der Waals surface area contributed by atoms with Crippen LogP contribution in [0, 0.1) is 5.82 Å². The van der Waals surface area contributed by atoms with Crippen LogP contribution in [0.2, 0.25) is 5.02 Å². The van der Waals surface area contributed by atoms with Gasteiger partial charge in [-0.2, -0.15) is 0 Å². The van der Waals surface area contributed by atoms with Crippen molar-refractivity contribution in [3.05, 3.63) is 29.0 Å². The van der Waals surface area contributed by atoms with Crippen LogP contribution in [-0.4, -0.2) is 24.7 Å². The molecule has 2 rings (SSSR count). The predicted molar refractivity (Wildman–Crippen MR) is 79.5 cm³/mol. The number of halogens is 2. The third kappa shape index (κ3) is 2.87. The number of benzene rings is 1. The highest BCUT2D eigenvalue weighted by Gasteiger charge is 2.35. The lowest BCUT2D eigenvalue weighted by Gasteiger charge is -2.47. The molecule has 1 atom stereocenters. The normalized spacial score (nSPS) is 22.6. The van der Waals surface area contributed by atoms with Crippen molar-refractivity contribution in [3.8, 4) is 0 Å². The summed E-state index contributed by atoms with van der Waals surface area (Å²) in [7, 11) is 0. The Hall–Kier alpha value is -0.800. The highest BCUT2D eigenvalue weighted by Crippen LogP contribution is 2.29. The maximum atomic E-state index is 13.6. The van der Waals surface area contributed by atoms with E-state index in [9.17, 15) is 4.39 Å². The van der Waals surface area contributed by atoms with Crippen molar-refractivity contribution in [2.75, 3.05) is 18.0 Å². The van der Waals surface area contributed by atoms with Gasteiger partial charge in [0, 0.05) is 30.4 Å². The fourth-order valence-corrected chi connectivity index (χ4v) is 2.86. The van der Waals surface area contributed by atoms with Gasteiger partial charge < -0.3 is 10.2 Å². The summed E-state index contributed by atoms with van der Waals surface area (Å²) in [5, 5.41) is 3.83. The monoisotopic (exact) mass is 284 g/mol. The van der Waals surface area contributed by atoms with E-state index in [0.717, 1.165) is 31.6 Å². The lowest BCUT2D eigenvalue weighted by atomic mass is 9.88. The van der Waals surface area contributed by atoms with Crippen molar-refractivity contribution in [2.45, 2.75) is 45.2 Å². The molecule has 1 aliphatic rings. The molecule has 0 spiro atoms. The molecule has 1 heterocycles. The lowest BCUT2D eigenvalue weighted by molar-refractivity contribution is 0.253. The van der Waals surface area contributed by atoms with Crippen LogP contribution in [0.5, 0.6) is 0 Å². The highest BCUT2D eigenvalue weighted by molar-refractivity contribution is 6.30. The molecule has 1 saturated heterocycles. The Balaban J connectivity index is 2.28. The molecule has 1 fully saturated rings. The number of hydrogen-bond donors (Lipinski definition) is 1. The Kier molecular flexibility index (Phi) is 4.36. The third-order valence-corrected chi connectivity index (χ3v) is 4.67. The van der Waals surface area contributed by atoms with Crippen molar-refractivity contribution in [1.29, 1.82) is 0 Å². The minimum atomic E-state index is -0.344. The first-order valence-electron chi connectivity index (χ1n) is 6.98. The maximum Gasteiger partial charge on any atom is 0.143 e. The zero-order valence-corrected chi connectivity index (χ0v) is 12.6. The van der Waals surface area contributed by atoms with E-state index in [1.165, 1.54) is 0 Å². The molecule has 0 amide bonds. The van der Waals surface area contributed by atoms with Crippen LogP contribution in [0.3, 0.4) is 0 Å². The summed E-state index contributed by atoms with van der Waals surface area (Å²) in [5.74, 6) is -0.344. The van der Waals surface area contributed by atoms with E-state index in [4.69, 9.17) is 11.6 Å². The van der Waals surface area contributed by atoms with E-state index >= 15 is 0 Å². The Morgan fingerprint density at radius 3 is 2.68 bits per heavy atom. The summed E-state index contributed by atoms with van der Waals surface area (Å²) in [5.41, 5.74) is 1.05. The van der Waals surface area contributed by atoms with Gasteiger partial charge in [-0.3, -0.25) is 0 Å². The molecule has 0 bridgehead atoms. The smallest absolute Gasteiger partial charge is 0.143 e. The number of hydrogen-bond acceptors (Lipinski definition) is 2. The summed E-state index contributed by atoms with van der Waals surface area (Å²) in [6.45, 7) is 8.39. The summed E-state index contributed by atoms with van der Waals surface area (Å²) < 4.78 is 13.6. The van der Waals surface area contributed by atoms with Gasteiger partial charge in [0.15, 0.2) is 0 Å². The van der Waals surface area contributed by atoms with Crippen LogP contribution in [0.1, 0.15) is 33.6 Å². The molecule has 1 aromatic rings. The van der Waals surface area contributed by atoms with Gasteiger partial charge in [0.05, 0.1) is 5.02 Å². The van der Waals surface area contributed by atoms with Crippen LogP contribution in [0.25, 0.3) is 0 Å². The Bertz CT molecular complexity index is 446. The molecule has 1 unspecified atom stereocenters. The molecule has 0 aromatic heterocycles. The van der Waals surface area contributed by atoms with Crippen LogP contribution in [0.4, 0.5) is 10.1 Å². The number of rotatable bonds is 3. The molecule has 4 heteroatoms. The number of nitrogens with one attached hydrogen (secondary N) is 1. The average Bonchev–Trinajstić information content (AvgIpc) is 2.43. The highest BCUT2D eigenvalue weighted by atomic mass is 35.5. The van der Waals surface area contributed by atoms with Crippen molar-refractivity contribution in [1.82, 2.24) is 5.32 Å². The van der Waals surface area contributed by atoms with Crippen molar-refractivity contribution < 1.29 is 4.39 Å². The largest absolute Gasteiger partial charge is 0.366 e. The van der Waals surface area contributed by atoms with Gasteiger partial charge in [0.25, 0.3) is 0 Å². The Labute approximate surface area is 119 Å². The second-order valence-electron chi connectivity index (χ2n) is 5.44. The van der Waals surface area contributed by atoms with E-state index in [1.807, 2.05) is 6.07 Å². The van der Waals surface area contributed by atoms with Crippen molar-refractivity contribution in [2.24, 2.45) is 0 Å². The number of nitrogens with zero attached hydrogens (tertiary/aromatic N) is 1. The van der Waals surface area contributed by atoms with Gasteiger partial charge in [0.1, 0.15) is 5.82 Å². The molecule has 1 N–H and O–H groups in total. The molecule has 106 valence electrons. The minimum absolute atomic E-state index is 0.128. The van der Waals surface area contributed by atoms with Crippen LogP contribution < -0.4 is 10.2 Å². The van der Waals surface area contributed by atoms with Crippen LogP contribution in [0.15, 0.2) is 18.2 Å². The van der Waals surface area contributed by atoms with Gasteiger partial charge >= 0.3 is 0 Å². The summed E-state index contributed by atoms with van der Waals surface area (Å²) >= 11 is 5.76. The Morgan fingerprint density at radius 1 is 1.42 bits per heavy atom. The summed E-state index contributed by atoms with van der Waals surface area (Å²) in [6.07, 6.45) is 2.14. The molecule has 1 aromatic carbocycles. The standard InChI is InChI=1S/C15H22ClFN2/c1-4-15(5-2)10-19(11(3)9-18-15)12-6-7-13(16)14(17)8-12/h6-8,11,18H,4-5,9-10H2,1-3H3. The van der Waals surface area contributed by atoms with Crippen LogP contribution in [-0.2, 0) is 0 Å². The fraction of sp³-hybridized carbons (Fsp3) is 0.600. The van der Waals surface area contributed by atoms with E-state index < -0.39 is 0 Å². The molecular weight excluding hydrogens is 263 g/mol. The zero-order valence-electron chi connectivity index (χ0n) is 11.8. The first-order chi connectivity index (χ1) is 9.01. The molecule has 19 heavy (non-hydrogen) atoms. The number of anilines is 1. The molecule has 0 aliphatic carbocycles. The Morgan fingerprint density at radius 2 is 2.11 bits per heavy atom. The van der Waals surface area contributed by atoms with E-state index in [0.29, 0.717) is 6.04 Å². The molecule has 1 aliphatic heterocycles. The van der Waals surface area contributed by atoms with Crippen LogP contribution >= 0.6 is 11.6 Å². The van der Waals surface area contributed by atoms with Crippen molar-refractivity contribution in [3.63, 3.8) is 0 Å². The first kappa shape index (κ1) is 14.6. The van der Waals surface area contributed by atoms with Gasteiger partial charge in [-0.15, -0.1) is 0 Å². The lowest BCUT2D eigenvalue weighted by Crippen LogP contribution is -2.63. The average molecular weight is 285 g/mol.